The van der Waals surface area contributed by atoms with Gasteiger partial charge >= 0.3 is 0 Å². The normalized spacial score (nSPS) is 5.40. The van der Waals surface area contributed by atoms with Crippen LogP contribution in [0.15, 0.2) is 0 Å². The number of aliphatic hydroxyl groups excluding tert-OH is 3. The first-order valence-corrected chi connectivity index (χ1v) is 3.07. The Labute approximate surface area is 95.6 Å². The van der Waals surface area contributed by atoms with E-state index in [4.69, 9.17) is 15.3 Å². The molecule has 0 saturated carbocycles. The molecule has 0 aromatic rings. The second kappa shape index (κ2) is 48.8. The fourth-order valence-electron chi connectivity index (χ4n) is 0. The molecule has 3 nitrogen and oxygen atoms in total. The molecule has 0 aromatic heterocycles. The van der Waals surface area contributed by atoms with Crippen LogP contribution in [0, 0.1) is 40.4 Å². The summed E-state index contributed by atoms with van der Waals surface area (Å²) < 4.78 is 0. The summed E-state index contributed by atoms with van der Waals surface area (Å²) in [4.78, 5) is 0. The molecule has 0 bridgehead atoms. The first-order valence-electron chi connectivity index (χ1n) is 3.07. The van der Waals surface area contributed by atoms with Crippen LogP contribution in [0.1, 0.15) is 20.8 Å². The first-order chi connectivity index (χ1) is 4.24. The maximum absolute atomic E-state index is 7.57. The van der Waals surface area contributed by atoms with Crippen molar-refractivity contribution in [3.05, 3.63) is 0 Å². The summed E-state index contributed by atoms with van der Waals surface area (Å²) in [5.41, 5.74) is 0. The molecule has 0 radical (unpaired) electrons. The molecule has 0 aliphatic carbocycles. The SMILES string of the molecule is CCO.CCO.CCO.[Sm]. The minimum Gasteiger partial charge on any atom is -0.397 e. The molecule has 3 N–H and O–H groups in total. The second-order valence-electron chi connectivity index (χ2n) is 0.949. The van der Waals surface area contributed by atoms with E-state index in [0.717, 1.165) is 0 Å². The number of hydrogen-bond donors (Lipinski definition) is 3. The molecule has 0 aromatic carbocycles. The molecule has 10 heavy (non-hydrogen) atoms. The van der Waals surface area contributed by atoms with Crippen LogP contribution >= 0.6 is 0 Å². The van der Waals surface area contributed by atoms with Crippen LogP contribution in [0.5, 0.6) is 0 Å². The maximum atomic E-state index is 7.57. The van der Waals surface area contributed by atoms with Gasteiger partial charge in [-0.3, -0.25) is 0 Å². The van der Waals surface area contributed by atoms with Gasteiger partial charge in [0.2, 0.25) is 0 Å². The van der Waals surface area contributed by atoms with Crippen molar-refractivity contribution in [3.8, 4) is 0 Å². The molecule has 66 valence electrons. The zero-order chi connectivity index (χ0) is 8.12. The maximum Gasteiger partial charge on any atom is 0.0402 e. The van der Waals surface area contributed by atoms with Crippen molar-refractivity contribution >= 4 is 0 Å². The first kappa shape index (κ1) is 22.5. The van der Waals surface area contributed by atoms with Crippen LogP contribution in [0.25, 0.3) is 0 Å². The van der Waals surface area contributed by atoms with Gasteiger partial charge in [0.05, 0.1) is 0 Å². The largest absolute Gasteiger partial charge is 0.397 e. The average molecular weight is 289 g/mol. The monoisotopic (exact) mass is 290 g/mol. The fraction of sp³-hybridized carbons (Fsp3) is 1.00. The van der Waals surface area contributed by atoms with Crippen molar-refractivity contribution in [1.82, 2.24) is 0 Å². The zero-order valence-electron chi connectivity index (χ0n) is 6.87. The quantitative estimate of drug-likeness (QED) is 0.588. The standard InChI is InChI=1S/3C2H6O.Sm/c3*1-2-3;/h3*3H,2H2,1H3;. The summed E-state index contributed by atoms with van der Waals surface area (Å²) in [5.74, 6) is 0. The predicted molar refractivity (Wildman–Crippen MR) is 38.3 cm³/mol. The molecular formula is C6H18O3Sm. The third-order valence-electron chi connectivity index (χ3n) is 0. The van der Waals surface area contributed by atoms with Gasteiger partial charge in [0.25, 0.3) is 0 Å². The molecular weight excluding hydrogens is 270 g/mol. The van der Waals surface area contributed by atoms with Gasteiger partial charge in [-0.2, -0.15) is 0 Å². The van der Waals surface area contributed by atoms with Crippen molar-refractivity contribution in [2.45, 2.75) is 20.8 Å². The van der Waals surface area contributed by atoms with E-state index < -0.39 is 0 Å². The Morgan fingerprint density at radius 3 is 0.700 bits per heavy atom. The van der Waals surface area contributed by atoms with E-state index >= 15 is 0 Å². The van der Waals surface area contributed by atoms with Gasteiger partial charge in [-0.1, -0.05) is 0 Å². The van der Waals surface area contributed by atoms with Crippen molar-refractivity contribution < 1.29 is 55.7 Å². The van der Waals surface area contributed by atoms with Gasteiger partial charge in [0.1, 0.15) is 0 Å². The summed E-state index contributed by atoms with van der Waals surface area (Å²) in [6.45, 7) is 5.79. The van der Waals surface area contributed by atoms with Crippen molar-refractivity contribution in [1.29, 1.82) is 0 Å². The molecule has 0 atom stereocenters. The summed E-state index contributed by atoms with van der Waals surface area (Å²) in [5, 5.41) is 22.7. The molecule has 0 aliphatic rings. The number of aliphatic hydroxyl groups is 3. The van der Waals surface area contributed by atoms with Crippen molar-refractivity contribution in [2.24, 2.45) is 0 Å². The Balaban J connectivity index is -0.0000000257. The smallest absolute Gasteiger partial charge is 0.0402 e. The van der Waals surface area contributed by atoms with E-state index in [9.17, 15) is 0 Å². The van der Waals surface area contributed by atoms with E-state index in [1.807, 2.05) is 0 Å². The predicted octanol–water partition coefficient (Wildman–Crippen LogP) is -0.00420. The third kappa shape index (κ3) is 420. The van der Waals surface area contributed by atoms with Crippen LogP contribution in [0.4, 0.5) is 0 Å². The minimum atomic E-state index is 0. The summed E-state index contributed by atoms with van der Waals surface area (Å²) in [6, 6.07) is 0. The van der Waals surface area contributed by atoms with E-state index in [-0.39, 0.29) is 60.2 Å². The molecule has 0 fully saturated rings. The van der Waals surface area contributed by atoms with Crippen LogP contribution in [0.2, 0.25) is 0 Å². The van der Waals surface area contributed by atoms with Crippen molar-refractivity contribution in [3.63, 3.8) is 0 Å². The third-order valence-corrected chi connectivity index (χ3v) is 0. The summed E-state index contributed by atoms with van der Waals surface area (Å²) in [7, 11) is 0. The van der Waals surface area contributed by atoms with Crippen LogP contribution in [0.3, 0.4) is 0 Å². The van der Waals surface area contributed by atoms with Gasteiger partial charge in [0, 0.05) is 60.2 Å². The van der Waals surface area contributed by atoms with Crippen LogP contribution in [-0.2, 0) is 0 Å². The molecule has 0 rings (SSSR count). The van der Waals surface area contributed by atoms with Gasteiger partial charge < -0.3 is 15.3 Å². The van der Waals surface area contributed by atoms with Gasteiger partial charge in [-0.05, 0) is 20.8 Å². The van der Waals surface area contributed by atoms with Crippen LogP contribution < -0.4 is 0 Å². The fourth-order valence-corrected chi connectivity index (χ4v) is 0. The molecule has 0 spiro atoms. The molecule has 0 amide bonds. The van der Waals surface area contributed by atoms with E-state index in [0.29, 0.717) is 0 Å². The Morgan fingerprint density at radius 2 is 0.700 bits per heavy atom. The summed E-state index contributed by atoms with van der Waals surface area (Å²) in [6.07, 6.45) is 0. The summed E-state index contributed by atoms with van der Waals surface area (Å²) >= 11 is 0. The average Bonchev–Trinajstić information content (AvgIpc) is 1.70. The van der Waals surface area contributed by atoms with E-state index in [2.05, 4.69) is 0 Å². The van der Waals surface area contributed by atoms with E-state index in [1.165, 1.54) is 0 Å². The van der Waals surface area contributed by atoms with Gasteiger partial charge in [-0.15, -0.1) is 0 Å². The van der Waals surface area contributed by atoms with Crippen molar-refractivity contribution in [2.75, 3.05) is 19.8 Å². The molecule has 0 heterocycles. The van der Waals surface area contributed by atoms with E-state index in [1.54, 1.807) is 20.8 Å². The second-order valence-corrected chi connectivity index (χ2v) is 0.949. The number of rotatable bonds is 0. The number of hydrogen-bond acceptors (Lipinski definition) is 3. The Kier molecular flexibility index (Phi) is 110. The molecule has 0 saturated heterocycles. The van der Waals surface area contributed by atoms with Crippen LogP contribution in [-0.4, -0.2) is 35.1 Å². The molecule has 0 aliphatic heterocycles. The van der Waals surface area contributed by atoms with Gasteiger partial charge in [-0.25, -0.2) is 0 Å². The molecule has 4 heteroatoms. The minimum absolute atomic E-state index is 0. The Morgan fingerprint density at radius 1 is 0.700 bits per heavy atom. The Hall–Kier alpha value is 1.22. The van der Waals surface area contributed by atoms with Gasteiger partial charge in [0.15, 0.2) is 0 Å². The molecule has 0 unspecified atom stereocenters. The zero-order valence-corrected chi connectivity index (χ0v) is 9.49. The Bertz CT molecular complexity index is 17.7. The topological polar surface area (TPSA) is 60.7 Å².